The fourth-order valence-corrected chi connectivity index (χ4v) is 7.80. The number of halogens is 3. The van der Waals surface area contributed by atoms with Crippen LogP contribution >= 0.6 is 12.4 Å². The van der Waals surface area contributed by atoms with E-state index < -0.39 is 5.92 Å². The summed E-state index contributed by atoms with van der Waals surface area (Å²) in [5, 5.41) is 6.58. The van der Waals surface area contributed by atoms with Crippen molar-refractivity contribution < 1.29 is 27.8 Å². The molecule has 11 heteroatoms. The molecule has 1 aliphatic carbocycles. The number of amides is 3. The summed E-state index contributed by atoms with van der Waals surface area (Å²) in [6.07, 6.45) is 4.91. The van der Waals surface area contributed by atoms with Crippen LogP contribution in [0.25, 0.3) is 0 Å². The molecule has 6 rings (SSSR count). The number of rotatable bonds is 8. The lowest BCUT2D eigenvalue weighted by atomic mass is 9.83. The van der Waals surface area contributed by atoms with Gasteiger partial charge in [0.15, 0.2) is 0 Å². The molecular formula is C30H43ClF2N4O4. The van der Waals surface area contributed by atoms with Gasteiger partial charge in [0.1, 0.15) is 6.79 Å². The molecule has 228 valence electrons. The zero-order chi connectivity index (χ0) is 27.7. The zero-order valence-corrected chi connectivity index (χ0v) is 24.4. The Bertz CT molecular complexity index is 1040. The molecule has 0 aromatic heterocycles. The maximum atomic E-state index is 13.7. The molecule has 4 saturated heterocycles. The summed E-state index contributed by atoms with van der Waals surface area (Å²) in [5.41, 5.74) is 0.860. The number of hydrogen-bond acceptors (Lipinski definition) is 5. The highest BCUT2D eigenvalue weighted by Gasteiger charge is 2.53. The number of nitrogens with one attached hydrogen (secondary N) is 2. The van der Waals surface area contributed by atoms with Crippen LogP contribution in [0.2, 0.25) is 0 Å². The van der Waals surface area contributed by atoms with Crippen LogP contribution in [0.5, 0.6) is 0 Å². The first-order valence-corrected chi connectivity index (χ1v) is 15.0. The van der Waals surface area contributed by atoms with Crippen molar-refractivity contribution in [3.8, 4) is 0 Å². The van der Waals surface area contributed by atoms with Crippen molar-refractivity contribution in [3.63, 3.8) is 0 Å². The van der Waals surface area contributed by atoms with Crippen molar-refractivity contribution in [1.29, 1.82) is 0 Å². The summed E-state index contributed by atoms with van der Waals surface area (Å²) in [7, 11) is 0. The number of ether oxygens (including phenoxy) is 2. The number of nitrogens with zero attached hydrogens (tertiary/aromatic N) is 2. The highest BCUT2D eigenvalue weighted by Crippen LogP contribution is 2.43. The SMILES string of the molecule is Cl.O=C(N[C@@H](CCN1C2CCC1CC1(C2)CN(CC2COCOC2)C(=O)N1)c1ccccc1)C1CCC(F)(F)CC1. The van der Waals surface area contributed by atoms with Gasteiger partial charge < -0.3 is 25.0 Å². The number of hydrogen-bond donors (Lipinski definition) is 2. The molecule has 1 aromatic carbocycles. The van der Waals surface area contributed by atoms with Crippen LogP contribution in [0, 0.1) is 11.8 Å². The van der Waals surface area contributed by atoms with Crippen LogP contribution in [-0.4, -0.2) is 84.9 Å². The molecule has 3 atom stereocenters. The molecule has 8 nitrogen and oxygen atoms in total. The van der Waals surface area contributed by atoms with Gasteiger partial charge in [-0.3, -0.25) is 9.69 Å². The average molecular weight is 597 g/mol. The van der Waals surface area contributed by atoms with Crippen molar-refractivity contribution in [3.05, 3.63) is 35.9 Å². The summed E-state index contributed by atoms with van der Waals surface area (Å²) < 4.78 is 38.2. The first-order chi connectivity index (χ1) is 19.3. The van der Waals surface area contributed by atoms with Gasteiger partial charge >= 0.3 is 6.03 Å². The Hall–Kier alpha value is -2.01. The van der Waals surface area contributed by atoms with E-state index in [1.807, 2.05) is 35.2 Å². The molecule has 2 N–H and O–H groups in total. The highest BCUT2D eigenvalue weighted by molar-refractivity contribution is 5.85. The quantitative estimate of drug-likeness (QED) is 0.462. The van der Waals surface area contributed by atoms with Crippen molar-refractivity contribution in [2.45, 2.75) is 87.4 Å². The molecule has 4 aliphatic heterocycles. The molecule has 41 heavy (non-hydrogen) atoms. The van der Waals surface area contributed by atoms with E-state index in [4.69, 9.17) is 9.47 Å². The molecule has 5 fully saturated rings. The highest BCUT2D eigenvalue weighted by atomic mass is 35.5. The third-order valence-electron chi connectivity index (χ3n) is 9.81. The molecule has 5 aliphatic rings. The van der Waals surface area contributed by atoms with Gasteiger partial charge in [-0.2, -0.15) is 0 Å². The number of carbonyl (C=O) groups is 2. The first-order valence-electron chi connectivity index (χ1n) is 15.0. The number of piperidine rings is 1. The third kappa shape index (κ3) is 6.98. The lowest BCUT2D eigenvalue weighted by Gasteiger charge is -2.45. The van der Waals surface area contributed by atoms with E-state index in [2.05, 4.69) is 15.5 Å². The molecule has 4 heterocycles. The van der Waals surface area contributed by atoms with Crippen molar-refractivity contribution in [1.82, 2.24) is 20.4 Å². The third-order valence-corrected chi connectivity index (χ3v) is 9.81. The normalized spacial score (nSPS) is 31.1. The molecule has 0 radical (unpaired) electrons. The largest absolute Gasteiger partial charge is 0.355 e. The van der Waals surface area contributed by atoms with E-state index in [1.165, 1.54) is 0 Å². The number of urea groups is 1. The summed E-state index contributed by atoms with van der Waals surface area (Å²) >= 11 is 0. The van der Waals surface area contributed by atoms with Crippen LogP contribution in [0.4, 0.5) is 13.6 Å². The van der Waals surface area contributed by atoms with Gasteiger partial charge in [0, 0.05) is 56.4 Å². The summed E-state index contributed by atoms with van der Waals surface area (Å²) in [6, 6.07) is 10.6. The molecule has 2 bridgehead atoms. The standard InChI is InChI=1S/C30H42F2N4O4.ClH/c31-30(32)11-8-23(9-12-30)27(37)33-26(22-4-2-1-3-5-22)10-13-36-24-6-7-25(36)15-29(14-24)19-35(28(38)34-29)16-21-17-39-20-40-18-21;/h1-5,21,23-26H,6-20H2,(H,33,37)(H,34,38);1H/t24?,25?,26-,29?;/m0./s1. The Kier molecular flexibility index (Phi) is 9.43. The number of fused-ring (bicyclic) bond motifs is 2. The summed E-state index contributed by atoms with van der Waals surface area (Å²) in [5.74, 6) is -2.89. The molecular weight excluding hydrogens is 554 g/mol. The van der Waals surface area contributed by atoms with Crippen LogP contribution in [0.15, 0.2) is 30.3 Å². The van der Waals surface area contributed by atoms with Crippen LogP contribution in [0.1, 0.15) is 69.4 Å². The van der Waals surface area contributed by atoms with Crippen LogP contribution in [0.3, 0.4) is 0 Å². The number of alkyl halides is 2. The Morgan fingerprint density at radius 1 is 1.05 bits per heavy atom. The van der Waals surface area contributed by atoms with Crippen LogP contribution in [-0.2, 0) is 14.3 Å². The molecule has 1 spiro atoms. The predicted molar refractivity (Wildman–Crippen MR) is 152 cm³/mol. The van der Waals surface area contributed by atoms with Crippen LogP contribution < -0.4 is 10.6 Å². The van der Waals surface area contributed by atoms with Gasteiger partial charge in [-0.05, 0) is 50.5 Å². The maximum absolute atomic E-state index is 13.7. The van der Waals surface area contributed by atoms with E-state index in [-0.39, 0.29) is 73.4 Å². The zero-order valence-electron chi connectivity index (χ0n) is 23.6. The van der Waals surface area contributed by atoms with E-state index in [1.54, 1.807) is 0 Å². The Balaban J connectivity index is 0.00000337. The fourth-order valence-electron chi connectivity index (χ4n) is 7.80. The van der Waals surface area contributed by atoms with Gasteiger partial charge in [0.2, 0.25) is 11.8 Å². The van der Waals surface area contributed by atoms with Gasteiger partial charge in [-0.1, -0.05) is 30.3 Å². The second-order valence-corrected chi connectivity index (χ2v) is 12.7. The summed E-state index contributed by atoms with van der Waals surface area (Å²) in [4.78, 5) is 30.6. The lowest BCUT2D eigenvalue weighted by molar-refractivity contribution is -0.130. The number of carbonyl (C=O) groups excluding carboxylic acids is 2. The molecule has 2 unspecified atom stereocenters. The first kappa shape index (κ1) is 30.4. The minimum Gasteiger partial charge on any atom is -0.355 e. The van der Waals surface area contributed by atoms with Crippen molar-refractivity contribution in [2.24, 2.45) is 11.8 Å². The smallest absolute Gasteiger partial charge is 0.317 e. The predicted octanol–water partition coefficient (Wildman–Crippen LogP) is 4.49. The monoisotopic (exact) mass is 596 g/mol. The van der Waals surface area contributed by atoms with Crippen molar-refractivity contribution in [2.75, 3.05) is 39.6 Å². The number of benzene rings is 1. The van der Waals surface area contributed by atoms with E-state index in [9.17, 15) is 18.4 Å². The fraction of sp³-hybridized carbons (Fsp3) is 0.733. The van der Waals surface area contributed by atoms with E-state index >= 15 is 0 Å². The molecule has 3 amide bonds. The van der Waals surface area contributed by atoms with Gasteiger partial charge in [-0.15, -0.1) is 12.4 Å². The Morgan fingerprint density at radius 2 is 1.71 bits per heavy atom. The Morgan fingerprint density at radius 3 is 2.37 bits per heavy atom. The Labute approximate surface area is 247 Å². The minimum absolute atomic E-state index is 0. The van der Waals surface area contributed by atoms with E-state index in [0.717, 1.165) is 50.8 Å². The summed E-state index contributed by atoms with van der Waals surface area (Å²) in [6.45, 7) is 3.82. The van der Waals surface area contributed by atoms with Crippen molar-refractivity contribution >= 4 is 24.3 Å². The van der Waals surface area contributed by atoms with E-state index in [0.29, 0.717) is 38.6 Å². The van der Waals surface area contributed by atoms with Gasteiger partial charge in [-0.25, -0.2) is 13.6 Å². The molecule has 1 saturated carbocycles. The second-order valence-electron chi connectivity index (χ2n) is 12.7. The topological polar surface area (TPSA) is 83.1 Å². The average Bonchev–Trinajstić information content (AvgIpc) is 3.38. The minimum atomic E-state index is -2.64. The molecule has 1 aromatic rings. The van der Waals surface area contributed by atoms with Gasteiger partial charge in [0.25, 0.3) is 0 Å². The lowest BCUT2D eigenvalue weighted by Crippen LogP contribution is -2.57. The maximum Gasteiger partial charge on any atom is 0.317 e. The second kappa shape index (κ2) is 12.7. The van der Waals surface area contributed by atoms with Gasteiger partial charge in [0.05, 0.1) is 24.8 Å².